The second-order valence-corrected chi connectivity index (χ2v) is 6.77. The molecule has 0 aliphatic carbocycles. The molecule has 1 aromatic carbocycles. The van der Waals surface area contributed by atoms with Gasteiger partial charge in [-0.3, -0.25) is 4.18 Å². The number of nitrogens with one attached hydrogen (secondary N) is 1. The molecular formula is C13H18ClNO5S. The molecule has 0 bridgehead atoms. The zero-order chi connectivity index (χ0) is 14.3. The van der Waals surface area contributed by atoms with Crippen molar-refractivity contribution in [3.8, 4) is 0 Å². The first kappa shape index (κ1) is 16.7. The molecule has 2 saturated heterocycles. The number of hydrogen-bond acceptors (Lipinski definition) is 6. The van der Waals surface area contributed by atoms with Gasteiger partial charge >= 0.3 is 0 Å². The van der Waals surface area contributed by atoms with Gasteiger partial charge in [-0.15, -0.1) is 12.4 Å². The Kier molecular flexibility index (Phi) is 4.92. The van der Waals surface area contributed by atoms with Crippen LogP contribution in [-0.4, -0.2) is 51.0 Å². The minimum atomic E-state index is -3.82. The quantitative estimate of drug-likeness (QED) is 0.769. The van der Waals surface area contributed by atoms with Gasteiger partial charge in [-0.2, -0.15) is 8.42 Å². The van der Waals surface area contributed by atoms with Crippen molar-refractivity contribution in [1.82, 2.24) is 5.32 Å². The molecule has 0 amide bonds. The van der Waals surface area contributed by atoms with Crippen LogP contribution in [0, 0.1) is 6.92 Å². The van der Waals surface area contributed by atoms with Gasteiger partial charge in [0.15, 0.2) is 0 Å². The average Bonchev–Trinajstić information content (AvgIpc) is 2.95. The Balaban J connectivity index is 0.00000161. The van der Waals surface area contributed by atoms with Gasteiger partial charge in [0.25, 0.3) is 10.1 Å². The van der Waals surface area contributed by atoms with E-state index >= 15 is 0 Å². The molecule has 3 unspecified atom stereocenters. The first-order valence-electron chi connectivity index (χ1n) is 6.50. The molecule has 8 heteroatoms. The number of fused-ring (bicyclic) bond motifs is 1. The van der Waals surface area contributed by atoms with Gasteiger partial charge in [0.1, 0.15) is 12.2 Å². The van der Waals surface area contributed by atoms with Crippen molar-refractivity contribution in [1.29, 1.82) is 0 Å². The van der Waals surface area contributed by atoms with E-state index in [-0.39, 0.29) is 30.0 Å². The fourth-order valence-corrected chi connectivity index (χ4v) is 3.69. The first-order chi connectivity index (χ1) is 9.47. The highest BCUT2D eigenvalue weighted by molar-refractivity contribution is 7.86. The molecule has 2 fully saturated rings. The maximum atomic E-state index is 12.2. The molecule has 6 nitrogen and oxygen atoms in total. The molecule has 4 atom stereocenters. The molecule has 118 valence electrons. The second kappa shape index (κ2) is 6.20. The third-order valence-corrected chi connectivity index (χ3v) is 5.06. The Labute approximate surface area is 130 Å². The molecule has 2 heterocycles. The van der Waals surface area contributed by atoms with Crippen molar-refractivity contribution in [2.45, 2.75) is 36.2 Å². The van der Waals surface area contributed by atoms with Gasteiger partial charge in [-0.25, -0.2) is 0 Å². The van der Waals surface area contributed by atoms with Crippen molar-refractivity contribution >= 4 is 22.5 Å². The van der Waals surface area contributed by atoms with E-state index in [0.29, 0.717) is 6.54 Å². The maximum Gasteiger partial charge on any atom is 0.297 e. The van der Waals surface area contributed by atoms with Crippen molar-refractivity contribution in [3.05, 3.63) is 29.8 Å². The Hall–Kier alpha value is -0.700. The molecule has 0 saturated carbocycles. The van der Waals surface area contributed by atoms with Gasteiger partial charge in [0, 0.05) is 6.54 Å². The summed E-state index contributed by atoms with van der Waals surface area (Å²) in [7, 11) is -3.82. The minimum Gasteiger partial charge on any atom is -0.389 e. The van der Waals surface area contributed by atoms with Crippen LogP contribution in [0.2, 0.25) is 0 Å². The van der Waals surface area contributed by atoms with Crippen LogP contribution in [-0.2, 0) is 19.0 Å². The lowest BCUT2D eigenvalue weighted by Gasteiger charge is -2.17. The van der Waals surface area contributed by atoms with E-state index in [2.05, 4.69) is 5.32 Å². The average molecular weight is 336 g/mol. The molecule has 2 N–H and O–H groups in total. The van der Waals surface area contributed by atoms with Crippen LogP contribution in [0.4, 0.5) is 0 Å². The monoisotopic (exact) mass is 335 g/mol. The SMILES string of the molecule is Cc1ccc(S(=O)(=O)OC2CNC3C(O)CO[C@@H]23)cc1.Cl. The second-order valence-electron chi connectivity index (χ2n) is 5.20. The zero-order valence-corrected chi connectivity index (χ0v) is 13.1. The molecule has 21 heavy (non-hydrogen) atoms. The summed E-state index contributed by atoms with van der Waals surface area (Å²) in [5.41, 5.74) is 0.980. The Bertz CT molecular complexity index is 591. The number of ether oxygens (including phenoxy) is 1. The predicted octanol–water partition coefficient (Wildman–Crippen LogP) is 0.222. The van der Waals surface area contributed by atoms with Gasteiger partial charge < -0.3 is 15.2 Å². The highest BCUT2D eigenvalue weighted by atomic mass is 35.5. The summed E-state index contributed by atoms with van der Waals surface area (Å²) in [5.74, 6) is 0. The van der Waals surface area contributed by atoms with E-state index in [1.165, 1.54) is 12.1 Å². The minimum absolute atomic E-state index is 0. The van der Waals surface area contributed by atoms with Crippen LogP contribution in [0.15, 0.2) is 29.2 Å². The Morgan fingerprint density at radius 2 is 2.00 bits per heavy atom. The number of rotatable bonds is 3. The van der Waals surface area contributed by atoms with Gasteiger partial charge in [0.2, 0.25) is 0 Å². The lowest BCUT2D eigenvalue weighted by molar-refractivity contribution is 0.0278. The van der Waals surface area contributed by atoms with Crippen LogP contribution in [0.1, 0.15) is 5.56 Å². The number of benzene rings is 1. The van der Waals surface area contributed by atoms with Crippen molar-refractivity contribution in [2.24, 2.45) is 0 Å². The van der Waals surface area contributed by atoms with Crippen LogP contribution in [0.3, 0.4) is 0 Å². The molecule has 1 aromatic rings. The Morgan fingerprint density at radius 3 is 2.67 bits per heavy atom. The van der Waals surface area contributed by atoms with E-state index in [4.69, 9.17) is 8.92 Å². The number of halogens is 1. The van der Waals surface area contributed by atoms with Crippen LogP contribution < -0.4 is 5.32 Å². The molecular weight excluding hydrogens is 318 g/mol. The summed E-state index contributed by atoms with van der Waals surface area (Å²) in [6.45, 7) is 2.43. The van der Waals surface area contributed by atoms with E-state index < -0.39 is 28.4 Å². The molecule has 3 rings (SSSR count). The summed E-state index contributed by atoms with van der Waals surface area (Å²) in [5, 5.41) is 12.7. The summed E-state index contributed by atoms with van der Waals surface area (Å²) in [6.07, 6.45) is -1.65. The third-order valence-electron chi connectivity index (χ3n) is 3.71. The van der Waals surface area contributed by atoms with Crippen molar-refractivity contribution < 1.29 is 22.4 Å². The smallest absolute Gasteiger partial charge is 0.297 e. The van der Waals surface area contributed by atoms with Crippen LogP contribution in [0.5, 0.6) is 0 Å². The zero-order valence-electron chi connectivity index (χ0n) is 11.4. The van der Waals surface area contributed by atoms with E-state index in [9.17, 15) is 13.5 Å². The van der Waals surface area contributed by atoms with Crippen molar-refractivity contribution in [2.75, 3.05) is 13.2 Å². The van der Waals surface area contributed by atoms with Gasteiger partial charge in [-0.05, 0) is 19.1 Å². The van der Waals surface area contributed by atoms with Crippen molar-refractivity contribution in [3.63, 3.8) is 0 Å². The summed E-state index contributed by atoms with van der Waals surface area (Å²) < 4.78 is 35.1. The van der Waals surface area contributed by atoms with E-state index in [1.54, 1.807) is 12.1 Å². The summed E-state index contributed by atoms with van der Waals surface area (Å²) >= 11 is 0. The summed E-state index contributed by atoms with van der Waals surface area (Å²) in [4.78, 5) is 0.130. The lowest BCUT2D eigenvalue weighted by atomic mass is 10.1. The van der Waals surface area contributed by atoms with Crippen LogP contribution in [0.25, 0.3) is 0 Å². The number of aliphatic hydroxyl groups excluding tert-OH is 1. The van der Waals surface area contributed by atoms with E-state index in [1.807, 2.05) is 6.92 Å². The molecule has 0 aromatic heterocycles. The first-order valence-corrected chi connectivity index (χ1v) is 7.91. The third kappa shape index (κ3) is 3.23. The van der Waals surface area contributed by atoms with E-state index in [0.717, 1.165) is 5.56 Å². The fraction of sp³-hybridized carbons (Fsp3) is 0.538. The number of aliphatic hydroxyl groups is 1. The van der Waals surface area contributed by atoms with Gasteiger partial charge in [0.05, 0.1) is 23.6 Å². The largest absolute Gasteiger partial charge is 0.389 e. The topological polar surface area (TPSA) is 84.9 Å². The van der Waals surface area contributed by atoms with Crippen LogP contribution >= 0.6 is 12.4 Å². The maximum absolute atomic E-state index is 12.2. The number of hydrogen-bond donors (Lipinski definition) is 2. The highest BCUT2D eigenvalue weighted by Crippen LogP contribution is 2.27. The summed E-state index contributed by atoms with van der Waals surface area (Å²) in [6, 6.07) is 6.24. The normalized spacial score (nSPS) is 31.7. The molecule has 0 spiro atoms. The van der Waals surface area contributed by atoms with Gasteiger partial charge in [-0.1, -0.05) is 17.7 Å². The fourth-order valence-electron chi connectivity index (χ4n) is 2.61. The molecule has 2 aliphatic rings. The lowest BCUT2D eigenvalue weighted by Crippen LogP contribution is -2.37. The highest BCUT2D eigenvalue weighted by Gasteiger charge is 2.47. The standard InChI is InChI=1S/C13H17NO5S.ClH/c1-8-2-4-9(5-3-8)20(16,17)19-11-6-14-12-10(15)7-18-13(11)12;/h2-5,10-15H,6-7H2,1H3;1H/t10?,11?,12?,13-;/m0./s1. The molecule has 0 radical (unpaired) electrons. The number of aryl methyl sites for hydroxylation is 1. The Morgan fingerprint density at radius 1 is 1.33 bits per heavy atom. The molecule has 2 aliphatic heterocycles. The predicted molar refractivity (Wildman–Crippen MR) is 78.0 cm³/mol.